The van der Waals surface area contributed by atoms with Crippen LogP contribution in [0.5, 0.6) is 0 Å². The average Bonchev–Trinajstić information content (AvgIpc) is 2.57. The Balaban J connectivity index is 2.34. The standard InChI is InChI=1S/C13H18F2N2/c1-13(2)3-4-17(8-13)12-10(14)5-9(7-16)6-11(12)15/h5-6H,3-4,7-8,16H2,1-2H3. The van der Waals surface area contributed by atoms with Crippen molar-refractivity contribution in [3.8, 4) is 0 Å². The van der Waals surface area contributed by atoms with Gasteiger partial charge in [-0.3, -0.25) is 0 Å². The molecule has 0 spiro atoms. The van der Waals surface area contributed by atoms with Crippen molar-refractivity contribution in [2.24, 2.45) is 11.1 Å². The van der Waals surface area contributed by atoms with Gasteiger partial charge in [0.15, 0.2) is 0 Å². The molecule has 1 aliphatic heterocycles. The third-order valence-corrected chi connectivity index (χ3v) is 3.31. The zero-order chi connectivity index (χ0) is 12.6. The van der Waals surface area contributed by atoms with Gasteiger partial charge in [0.25, 0.3) is 0 Å². The van der Waals surface area contributed by atoms with Crippen LogP contribution < -0.4 is 10.6 Å². The highest BCUT2D eigenvalue weighted by Crippen LogP contribution is 2.35. The first kappa shape index (κ1) is 12.3. The summed E-state index contributed by atoms with van der Waals surface area (Å²) in [5, 5.41) is 0. The van der Waals surface area contributed by atoms with Gasteiger partial charge >= 0.3 is 0 Å². The minimum absolute atomic E-state index is 0.0905. The molecule has 17 heavy (non-hydrogen) atoms. The molecule has 1 aromatic carbocycles. The molecule has 1 saturated heterocycles. The highest BCUT2D eigenvalue weighted by Gasteiger charge is 2.32. The first-order chi connectivity index (χ1) is 7.93. The molecule has 0 bridgehead atoms. The molecule has 0 saturated carbocycles. The summed E-state index contributed by atoms with van der Waals surface area (Å²) in [7, 11) is 0. The van der Waals surface area contributed by atoms with E-state index in [1.807, 2.05) is 0 Å². The Labute approximate surface area is 100 Å². The third-order valence-electron chi connectivity index (χ3n) is 3.31. The number of anilines is 1. The van der Waals surface area contributed by atoms with Gasteiger partial charge < -0.3 is 10.6 Å². The molecule has 0 unspecified atom stereocenters. The fourth-order valence-corrected chi connectivity index (χ4v) is 2.34. The maximum atomic E-state index is 13.9. The molecular weight excluding hydrogens is 222 g/mol. The van der Waals surface area contributed by atoms with E-state index < -0.39 is 11.6 Å². The summed E-state index contributed by atoms with van der Waals surface area (Å²) in [6.07, 6.45) is 0.949. The number of benzene rings is 1. The Bertz CT molecular complexity index is 406. The van der Waals surface area contributed by atoms with Crippen molar-refractivity contribution in [1.29, 1.82) is 0 Å². The molecule has 0 amide bonds. The first-order valence-corrected chi connectivity index (χ1v) is 5.86. The van der Waals surface area contributed by atoms with Gasteiger partial charge in [-0.1, -0.05) is 13.8 Å². The van der Waals surface area contributed by atoms with Crippen LogP contribution in [0.2, 0.25) is 0 Å². The van der Waals surface area contributed by atoms with Gasteiger partial charge in [0, 0.05) is 19.6 Å². The van der Waals surface area contributed by atoms with E-state index in [0.29, 0.717) is 18.7 Å². The monoisotopic (exact) mass is 240 g/mol. The van der Waals surface area contributed by atoms with E-state index in [1.165, 1.54) is 12.1 Å². The maximum Gasteiger partial charge on any atom is 0.149 e. The largest absolute Gasteiger partial charge is 0.366 e. The predicted octanol–water partition coefficient (Wildman–Crippen LogP) is 2.66. The molecule has 1 heterocycles. The van der Waals surface area contributed by atoms with E-state index in [0.717, 1.165) is 6.42 Å². The van der Waals surface area contributed by atoms with Crippen molar-refractivity contribution in [3.05, 3.63) is 29.3 Å². The quantitative estimate of drug-likeness (QED) is 0.861. The Kier molecular flexibility index (Phi) is 3.08. The van der Waals surface area contributed by atoms with Crippen LogP contribution in [0.15, 0.2) is 12.1 Å². The van der Waals surface area contributed by atoms with E-state index in [-0.39, 0.29) is 17.6 Å². The second kappa shape index (κ2) is 4.26. The van der Waals surface area contributed by atoms with E-state index in [4.69, 9.17) is 5.73 Å². The lowest BCUT2D eigenvalue weighted by Gasteiger charge is -2.22. The fourth-order valence-electron chi connectivity index (χ4n) is 2.34. The highest BCUT2D eigenvalue weighted by molar-refractivity contribution is 5.51. The summed E-state index contributed by atoms with van der Waals surface area (Å²) in [5.74, 6) is -1.02. The van der Waals surface area contributed by atoms with Gasteiger partial charge in [0.1, 0.15) is 17.3 Å². The number of nitrogens with two attached hydrogens (primary N) is 1. The topological polar surface area (TPSA) is 29.3 Å². The molecule has 2 rings (SSSR count). The lowest BCUT2D eigenvalue weighted by Crippen LogP contribution is -2.24. The molecule has 0 aromatic heterocycles. The van der Waals surface area contributed by atoms with Gasteiger partial charge in [0.2, 0.25) is 0 Å². The molecule has 2 N–H and O–H groups in total. The van der Waals surface area contributed by atoms with Crippen molar-refractivity contribution in [1.82, 2.24) is 0 Å². The second-order valence-corrected chi connectivity index (χ2v) is 5.45. The van der Waals surface area contributed by atoms with Crippen molar-refractivity contribution in [3.63, 3.8) is 0 Å². The van der Waals surface area contributed by atoms with Crippen LogP contribution in [0.25, 0.3) is 0 Å². The molecule has 1 fully saturated rings. The molecule has 0 aliphatic carbocycles. The number of hydrogen-bond acceptors (Lipinski definition) is 2. The van der Waals surface area contributed by atoms with Gasteiger partial charge in [0.05, 0.1) is 0 Å². The summed E-state index contributed by atoms with van der Waals surface area (Å²) in [5.41, 5.74) is 6.08. The van der Waals surface area contributed by atoms with E-state index >= 15 is 0 Å². The summed E-state index contributed by atoms with van der Waals surface area (Å²) in [6, 6.07) is 2.65. The fraction of sp³-hybridized carbons (Fsp3) is 0.538. The lowest BCUT2D eigenvalue weighted by molar-refractivity contribution is 0.417. The van der Waals surface area contributed by atoms with Crippen molar-refractivity contribution >= 4 is 5.69 Å². The van der Waals surface area contributed by atoms with Crippen LogP contribution in [0.4, 0.5) is 14.5 Å². The first-order valence-electron chi connectivity index (χ1n) is 5.86. The number of hydrogen-bond donors (Lipinski definition) is 1. The average molecular weight is 240 g/mol. The van der Waals surface area contributed by atoms with Crippen molar-refractivity contribution in [2.75, 3.05) is 18.0 Å². The predicted molar refractivity (Wildman–Crippen MR) is 64.9 cm³/mol. The normalized spacial score (nSPS) is 18.8. The van der Waals surface area contributed by atoms with Crippen LogP contribution in [0, 0.1) is 17.0 Å². The Morgan fingerprint density at radius 3 is 2.29 bits per heavy atom. The summed E-state index contributed by atoms with van der Waals surface area (Å²) in [6.45, 7) is 5.75. The lowest BCUT2D eigenvalue weighted by atomic mass is 9.93. The zero-order valence-electron chi connectivity index (χ0n) is 10.3. The zero-order valence-corrected chi connectivity index (χ0v) is 10.3. The third kappa shape index (κ3) is 2.41. The van der Waals surface area contributed by atoms with Gasteiger partial charge in [-0.15, -0.1) is 0 Å². The molecule has 0 radical (unpaired) electrons. The molecule has 4 heteroatoms. The SMILES string of the molecule is CC1(C)CCN(c2c(F)cc(CN)cc2F)C1. The molecule has 94 valence electrons. The van der Waals surface area contributed by atoms with Gasteiger partial charge in [-0.05, 0) is 29.5 Å². The Morgan fingerprint density at radius 2 is 1.88 bits per heavy atom. The molecule has 0 atom stereocenters. The van der Waals surface area contributed by atoms with E-state index in [1.54, 1.807) is 4.90 Å². The van der Waals surface area contributed by atoms with Crippen LogP contribution in [0.3, 0.4) is 0 Å². The summed E-state index contributed by atoms with van der Waals surface area (Å²) < 4.78 is 27.7. The summed E-state index contributed by atoms with van der Waals surface area (Å²) in [4.78, 5) is 1.78. The van der Waals surface area contributed by atoms with Crippen LogP contribution in [-0.4, -0.2) is 13.1 Å². The smallest absolute Gasteiger partial charge is 0.149 e. The molecular formula is C13H18F2N2. The Hall–Kier alpha value is -1.16. The van der Waals surface area contributed by atoms with Crippen molar-refractivity contribution < 1.29 is 8.78 Å². The minimum atomic E-state index is -0.511. The Morgan fingerprint density at radius 1 is 1.29 bits per heavy atom. The second-order valence-electron chi connectivity index (χ2n) is 5.45. The van der Waals surface area contributed by atoms with Crippen LogP contribution in [0.1, 0.15) is 25.8 Å². The van der Waals surface area contributed by atoms with Crippen LogP contribution in [-0.2, 0) is 6.54 Å². The molecule has 1 aliphatic rings. The van der Waals surface area contributed by atoms with E-state index in [9.17, 15) is 8.78 Å². The highest BCUT2D eigenvalue weighted by atomic mass is 19.1. The van der Waals surface area contributed by atoms with Gasteiger partial charge in [-0.25, -0.2) is 8.78 Å². The number of nitrogens with zero attached hydrogens (tertiary/aromatic N) is 1. The van der Waals surface area contributed by atoms with Crippen LogP contribution >= 0.6 is 0 Å². The van der Waals surface area contributed by atoms with E-state index in [2.05, 4.69) is 13.8 Å². The number of halogens is 2. The van der Waals surface area contributed by atoms with Crippen molar-refractivity contribution in [2.45, 2.75) is 26.8 Å². The summed E-state index contributed by atoms with van der Waals surface area (Å²) >= 11 is 0. The minimum Gasteiger partial charge on any atom is -0.366 e. The molecule has 1 aromatic rings. The van der Waals surface area contributed by atoms with Gasteiger partial charge in [-0.2, -0.15) is 0 Å². The maximum absolute atomic E-state index is 13.9. The molecule has 2 nitrogen and oxygen atoms in total. The number of rotatable bonds is 2.